The molecule has 3 atom stereocenters. The summed E-state index contributed by atoms with van der Waals surface area (Å²) in [5.74, 6) is 0.836. The van der Waals surface area contributed by atoms with E-state index in [1.165, 1.54) is 0 Å². The van der Waals surface area contributed by atoms with Gasteiger partial charge in [-0.1, -0.05) is 0 Å². The average Bonchev–Trinajstić information content (AvgIpc) is 2.43. The summed E-state index contributed by atoms with van der Waals surface area (Å²) in [5, 5.41) is 8.73. The number of nitriles is 1. The van der Waals surface area contributed by atoms with Gasteiger partial charge in [-0.3, -0.25) is 0 Å². The second-order valence-corrected chi connectivity index (χ2v) is 5.50. The van der Waals surface area contributed by atoms with E-state index in [-0.39, 0.29) is 0 Å². The molecular formula is C16H23N2O2+. The molecule has 108 valence electrons. The van der Waals surface area contributed by atoms with Gasteiger partial charge in [-0.2, -0.15) is 5.26 Å². The first-order chi connectivity index (χ1) is 9.67. The second-order valence-electron chi connectivity index (χ2n) is 5.50. The second kappa shape index (κ2) is 7.28. The van der Waals surface area contributed by atoms with Gasteiger partial charge in [0.15, 0.2) is 0 Å². The van der Waals surface area contributed by atoms with Crippen LogP contribution in [0.2, 0.25) is 0 Å². The molecule has 0 bridgehead atoms. The maximum absolute atomic E-state index is 8.73. The van der Waals surface area contributed by atoms with Crippen molar-refractivity contribution in [3.8, 4) is 11.8 Å². The van der Waals surface area contributed by atoms with Gasteiger partial charge in [-0.15, -0.1) is 0 Å². The van der Waals surface area contributed by atoms with E-state index in [9.17, 15) is 0 Å². The Morgan fingerprint density at radius 2 is 1.90 bits per heavy atom. The molecule has 1 aliphatic rings. The van der Waals surface area contributed by atoms with Crippen LogP contribution in [0.5, 0.6) is 5.75 Å². The lowest BCUT2D eigenvalue weighted by Gasteiger charge is -2.32. The van der Waals surface area contributed by atoms with E-state index < -0.39 is 0 Å². The molecule has 0 spiro atoms. The lowest BCUT2D eigenvalue weighted by molar-refractivity contribution is -0.915. The van der Waals surface area contributed by atoms with Crippen molar-refractivity contribution in [1.29, 1.82) is 5.26 Å². The lowest BCUT2D eigenvalue weighted by atomic mass is 10.2. The minimum absolute atomic E-state index is 0.355. The Kier molecular flexibility index (Phi) is 5.40. The van der Waals surface area contributed by atoms with Gasteiger partial charge in [-0.05, 0) is 38.1 Å². The lowest BCUT2D eigenvalue weighted by Crippen LogP contribution is -3.15. The third kappa shape index (κ3) is 4.52. The van der Waals surface area contributed by atoms with Gasteiger partial charge in [0.1, 0.15) is 31.0 Å². The van der Waals surface area contributed by atoms with Crippen molar-refractivity contribution in [3.05, 3.63) is 29.8 Å². The molecule has 4 nitrogen and oxygen atoms in total. The summed E-state index contributed by atoms with van der Waals surface area (Å²) in [4.78, 5) is 1.60. The van der Waals surface area contributed by atoms with E-state index in [4.69, 9.17) is 14.7 Å². The number of hydrogen-bond donors (Lipinski definition) is 1. The molecule has 1 fully saturated rings. The van der Waals surface area contributed by atoms with E-state index in [0.29, 0.717) is 17.8 Å². The molecule has 0 aliphatic carbocycles. The van der Waals surface area contributed by atoms with Crippen molar-refractivity contribution in [2.45, 2.75) is 32.5 Å². The van der Waals surface area contributed by atoms with Gasteiger partial charge < -0.3 is 14.4 Å². The standard InChI is InChI=1S/C16H22N2O2/c1-13-11-18(12-14(2)20-13)8-3-9-19-16-6-4-15(10-17)5-7-16/h4-7,13-14H,3,8-9,11-12H2,1-2H3/p+1/t13-,14+. The van der Waals surface area contributed by atoms with Crippen LogP contribution in [-0.4, -0.2) is 38.4 Å². The summed E-state index contributed by atoms with van der Waals surface area (Å²) >= 11 is 0. The highest BCUT2D eigenvalue weighted by atomic mass is 16.5. The number of nitrogens with one attached hydrogen (secondary N) is 1. The van der Waals surface area contributed by atoms with Crippen molar-refractivity contribution in [3.63, 3.8) is 0 Å². The van der Waals surface area contributed by atoms with Gasteiger partial charge >= 0.3 is 0 Å². The van der Waals surface area contributed by atoms with Gasteiger partial charge in [0.25, 0.3) is 0 Å². The quantitative estimate of drug-likeness (QED) is 0.816. The highest BCUT2D eigenvalue weighted by Gasteiger charge is 2.24. The van der Waals surface area contributed by atoms with Crippen LogP contribution >= 0.6 is 0 Å². The van der Waals surface area contributed by atoms with E-state index in [1.807, 2.05) is 12.1 Å². The molecule has 0 amide bonds. The van der Waals surface area contributed by atoms with Crippen LogP contribution in [0.4, 0.5) is 0 Å². The van der Waals surface area contributed by atoms with Crippen LogP contribution in [0, 0.1) is 11.3 Å². The number of morpholine rings is 1. The average molecular weight is 275 g/mol. The summed E-state index contributed by atoms with van der Waals surface area (Å²) in [5.41, 5.74) is 0.665. The van der Waals surface area contributed by atoms with Crippen molar-refractivity contribution in [1.82, 2.24) is 0 Å². The highest BCUT2D eigenvalue weighted by molar-refractivity contribution is 5.34. The zero-order chi connectivity index (χ0) is 14.4. The summed E-state index contributed by atoms with van der Waals surface area (Å²) in [7, 11) is 0. The topological polar surface area (TPSA) is 46.7 Å². The molecule has 1 saturated heterocycles. The molecule has 1 aromatic rings. The van der Waals surface area contributed by atoms with Crippen molar-refractivity contribution in [2.24, 2.45) is 0 Å². The van der Waals surface area contributed by atoms with Crippen LogP contribution in [0.25, 0.3) is 0 Å². The number of benzene rings is 1. The van der Waals surface area contributed by atoms with Crippen LogP contribution in [0.1, 0.15) is 25.8 Å². The molecular weight excluding hydrogens is 252 g/mol. The van der Waals surface area contributed by atoms with Crippen LogP contribution in [0.15, 0.2) is 24.3 Å². The van der Waals surface area contributed by atoms with E-state index in [1.54, 1.807) is 17.0 Å². The maximum atomic E-state index is 8.73. The first kappa shape index (κ1) is 14.8. The zero-order valence-corrected chi connectivity index (χ0v) is 12.3. The third-order valence-electron chi connectivity index (χ3n) is 3.54. The third-order valence-corrected chi connectivity index (χ3v) is 3.54. The Morgan fingerprint density at radius 1 is 1.25 bits per heavy atom. The molecule has 1 aliphatic heterocycles. The highest BCUT2D eigenvalue weighted by Crippen LogP contribution is 2.11. The predicted molar refractivity (Wildman–Crippen MR) is 76.8 cm³/mol. The van der Waals surface area contributed by atoms with Gasteiger partial charge in [0, 0.05) is 6.42 Å². The molecule has 1 unspecified atom stereocenters. The minimum atomic E-state index is 0.355. The summed E-state index contributed by atoms with van der Waals surface area (Å²) in [6, 6.07) is 9.37. The largest absolute Gasteiger partial charge is 0.493 e. The first-order valence-electron chi connectivity index (χ1n) is 7.29. The van der Waals surface area contributed by atoms with E-state index in [0.717, 1.165) is 38.4 Å². The maximum Gasteiger partial charge on any atom is 0.119 e. The van der Waals surface area contributed by atoms with Crippen LogP contribution in [-0.2, 0) is 4.74 Å². The monoisotopic (exact) mass is 275 g/mol. The van der Waals surface area contributed by atoms with E-state index in [2.05, 4.69) is 19.9 Å². The van der Waals surface area contributed by atoms with Gasteiger partial charge in [-0.25, -0.2) is 0 Å². The number of quaternary nitrogens is 1. The van der Waals surface area contributed by atoms with E-state index >= 15 is 0 Å². The molecule has 0 radical (unpaired) electrons. The molecule has 0 saturated carbocycles. The predicted octanol–water partition coefficient (Wildman–Crippen LogP) is 1.02. The minimum Gasteiger partial charge on any atom is -0.493 e. The fraction of sp³-hybridized carbons (Fsp3) is 0.562. The Bertz CT molecular complexity index is 443. The fourth-order valence-electron chi connectivity index (χ4n) is 2.73. The van der Waals surface area contributed by atoms with Crippen LogP contribution < -0.4 is 9.64 Å². The summed E-state index contributed by atoms with van der Waals surface area (Å²) < 4.78 is 11.4. The SMILES string of the molecule is C[C@@H]1C[NH+](CCCOc2ccc(C#N)cc2)C[C@H](C)O1. The Hall–Kier alpha value is -1.57. The smallest absolute Gasteiger partial charge is 0.119 e. The number of hydrogen-bond acceptors (Lipinski definition) is 3. The zero-order valence-electron chi connectivity index (χ0n) is 12.3. The van der Waals surface area contributed by atoms with Crippen molar-refractivity contribution < 1.29 is 14.4 Å². The molecule has 2 rings (SSSR count). The normalized spacial score (nSPS) is 25.9. The Morgan fingerprint density at radius 3 is 2.50 bits per heavy atom. The molecule has 1 aromatic carbocycles. The summed E-state index contributed by atoms with van der Waals surface area (Å²) in [6.07, 6.45) is 1.75. The fourth-order valence-corrected chi connectivity index (χ4v) is 2.73. The van der Waals surface area contributed by atoms with Gasteiger partial charge in [0.2, 0.25) is 0 Å². The molecule has 0 aromatic heterocycles. The Labute approximate surface area is 120 Å². The molecule has 4 heteroatoms. The molecule has 20 heavy (non-hydrogen) atoms. The number of ether oxygens (including phenoxy) is 2. The molecule has 1 heterocycles. The number of rotatable bonds is 5. The van der Waals surface area contributed by atoms with Crippen molar-refractivity contribution in [2.75, 3.05) is 26.2 Å². The summed E-state index contributed by atoms with van der Waals surface area (Å²) in [6.45, 7) is 8.29. The number of nitrogens with zero attached hydrogens (tertiary/aromatic N) is 1. The van der Waals surface area contributed by atoms with Crippen LogP contribution in [0.3, 0.4) is 0 Å². The first-order valence-corrected chi connectivity index (χ1v) is 7.29. The van der Waals surface area contributed by atoms with Crippen molar-refractivity contribution >= 4 is 0 Å². The molecule has 1 N–H and O–H groups in total. The van der Waals surface area contributed by atoms with Gasteiger partial charge in [0.05, 0.1) is 24.8 Å². The Balaban J connectivity index is 1.67.